The van der Waals surface area contributed by atoms with Gasteiger partial charge in [0.25, 0.3) is 11.7 Å². The summed E-state index contributed by atoms with van der Waals surface area (Å²) < 4.78 is 5.26. The zero-order valence-corrected chi connectivity index (χ0v) is 15.5. The third-order valence-electron chi connectivity index (χ3n) is 4.58. The second-order valence-corrected chi connectivity index (χ2v) is 6.48. The van der Waals surface area contributed by atoms with E-state index in [9.17, 15) is 14.7 Å². The van der Waals surface area contributed by atoms with Gasteiger partial charge in [0.05, 0.1) is 31.4 Å². The highest BCUT2D eigenvalue weighted by Crippen LogP contribution is 2.38. The van der Waals surface area contributed by atoms with Gasteiger partial charge in [0, 0.05) is 24.5 Å². The van der Waals surface area contributed by atoms with Gasteiger partial charge in [0.15, 0.2) is 0 Å². The number of carbonyl (C=O) groups excluding carboxylic acids is 2. The predicted molar refractivity (Wildman–Crippen MR) is 102 cm³/mol. The Kier molecular flexibility index (Phi) is 6.18. The van der Waals surface area contributed by atoms with Gasteiger partial charge in [-0.2, -0.15) is 0 Å². The van der Waals surface area contributed by atoms with Gasteiger partial charge < -0.3 is 19.8 Å². The van der Waals surface area contributed by atoms with Crippen molar-refractivity contribution in [2.24, 2.45) is 0 Å². The molecule has 2 aromatic rings. The maximum absolute atomic E-state index is 12.8. The van der Waals surface area contributed by atoms with Gasteiger partial charge in [0.2, 0.25) is 0 Å². The summed E-state index contributed by atoms with van der Waals surface area (Å²) in [5.41, 5.74) is 2.14. The molecule has 0 aliphatic carbocycles. The number of rotatable bonds is 7. The number of aliphatic hydroxyl groups is 2. The molecule has 7 nitrogen and oxygen atoms in total. The van der Waals surface area contributed by atoms with Crippen LogP contribution in [0.4, 0.5) is 0 Å². The van der Waals surface area contributed by atoms with Crippen molar-refractivity contribution in [1.82, 2.24) is 9.88 Å². The Labute approximate surface area is 162 Å². The fourth-order valence-electron chi connectivity index (χ4n) is 3.19. The smallest absolute Gasteiger partial charge is 0.295 e. The summed E-state index contributed by atoms with van der Waals surface area (Å²) in [5, 5.41) is 19.7. The average molecular weight is 382 g/mol. The molecule has 0 radical (unpaired) electrons. The lowest BCUT2D eigenvalue weighted by molar-refractivity contribution is -0.140. The topological polar surface area (TPSA) is 100.0 Å². The van der Waals surface area contributed by atoms with Gasteiger partial charge in [-0.1, -0.05) is 35.9 Å². The highest BCUT2D eigenvalue weighted by molar-refractivity contribution is 6.46. The first-order valence-corrected chi connectivity index (χ1v) is 8.98. The minimum Gasteiger partial charge on any atom is -0.507 e. The Hall–Kier alpha value is -3.03. The van der Waals surface area contributed by atoms with E-state index in [0.717, 1.165) is 5.56 Å². The minimum atomic E-state index is -0.757. The molecule has 1 unspecified atom stereocenters. The number of nitrogens with zero attached hydrogens (tertiary/aromatic N) is 2. The molecule has 1 amide bonds. The number of benzene rings is 1. The van der Waals surface area contributed by atoms with E-state index < -0.39 is 17.7 Å². The van der Waals surface area contributed by atoms with Crippen LogP contribution < -0.4 is 0 Å². The lowest BCUT2D eigenvalue weighted by atomic mass is 9.96. The normalized spacial score (nSPS) is 18.6. The number of ketones is 1. The van der Waals surface area contributed by atoms with Crippen LogP contribution in [0.25, 0.3) is 5.76 Å². The zero-order chi connectivity index (χ0) is 20.1. The molecule has 28 heavy (non-hydrogen) atoms. The van der Waals surface area contributed by atoms with Crippen LogP contribution in [0.15, 0.2) is 54.4 Å². The van der Waals surface area contributed by atoms with Crippen molar-refractivity contribution in [3.05, 3.63) is 71.1 Å². The number of ether oxygens (including phenoxy) is 1. The fourth-order valence-corrected chi connectivity index (χ4v) is 3.19. The molecular weight excluding hydrogens is 360 g/mol. The van der Waals surface area contributed by atoms with Crippen molar-refractivity contribution in [3.63, 3.8) is 0 Å². The molecule has 3 rings (SSSR count). The number of hydrogen-bond donors (Lipinski definition) is 2. The van der Waals surface area contributed by atoms with Gasteiger partial charge in [-0.15, -0.1) is 0 Å². The number of likely N-dealkylation sites (tertiary alicyclic amines) is 1. The number of hydrogen-bond acceptors (Lipinski definition) is 6. The highest BCUT2D eigenvalue weighted by atomic mass is 16.5. The lowest BCUT2D eigenvalue weighted by Crippen LogP contribution is -2.33. The number of pyridine rings is 1. The monoisotopic (exact) mass is 382 g/mol. The molecule has 7 heteroatoms. The molecule has 1 aliphatic rings. The van der Waals surface area contributed by atoms with E-state index in [1.54, 1.807) is 36.7 Å². The zero-order valence-electron chi connectivity index (χ0n) is 15.5. The van der Waals surface area contributed by atoms with E-state index in [-0.39, 0.29) is 37.7 Å². The van der Waals surface area contributed by atoms with Crippen molar-refractivity contribution in [2.75, 3.05) is 26.4 Å². The number of Topliss-reactive ketones (excluding diaryl/α,β-unsaturated/α-hetero) is 1. The van der Waals surface area contributed by atoms with E-state index in [0.29, 0.717) is 11.1 Å². The van der Waals surface area contributed by atoms with Crippen LogP contribution >= 0.6 is 0 Å². The number of aryl methyl sites for hydroxylation is 1. The Morgan fingerprint density at radius 2 is 1.93 bits per heavy atom. The van der Waals surface area contributed by atoms with Crippen LogP contribution in [0.5, 0.6) is 0 Å². The summed E-state index contributed by atoms with van der Waals surface area (Å²) in [7, 11) is 0. The van der Waals surface area contributed by atoms with E-state index >= 15 is 0 Å². The molecule has 146 valence electrons. The molecule has 0 saturated carbocycles. The molecule has 1 atom stereocenters. The molecule has 0 bridgehead atoms. The van der Waals surface area contributed by atoms with Gasteiger partial charge in [-0.05, 0) is 18.6 Å². The second kappa shape index (κ2) is 8.77. The first-order chi connectivity index (χ1) is 13.5. The summed E-state index contributed by atoms with van der Waals surface area (Å²) >= 11 is 0. The number of aromatic nitrogens is 1. The van der Waals surface area contributed by atoms with Crippen molar-refractivity contribution < 1.29 is 24.5 Å². The van der Waals surface area contributed by atoms with Gasteiger partial charge >= 0.3 is 0 Å². The van der Waals surface area contributed by atoms with Crippen LogP contribution in [0.3, 0.4) is 0 Å². The van der Waals surface area contributed by atoms with Crippen LogP contribution in [0.1, 0.15) is 22.7 Å². The molecule has 1 saturated heterocycles. The van der Waals surface area contributed by atoms with Crippen LogP contribution in [-0.4, -0.2) is 58.2 Å². The van der Waals surface area contributed by atoms with E-state index in [1.807, 2.05) is 19.1 Å². The first-order valence-electron chi connectivity index (χ1n) is 8.98. The Morgan fingerprint density at radius 3 is 2.57 bits per heavy atom. The van der Waals surface area contributed by atoms with Crippen molar-refractivity contribution in [3.8, 4) is 0 Å². The molecule has 1 aromatic heterocycles. The predicted octanol–water partition coefficient (Wildman–Crippen LogP) is 1.82. The van der Waals surface area contributed by atoms with Crippen LogP contribution in [0.2, 0.25) is 0 Å². The van der Waals surface area contributed by atoms with Crippen LogP contribution in [-0.2, 0) is 14.3 Å². The summed E-state index contributed by atoms with van der Waals surface area (Å²) in [5.74, 6) is -1.66. The molecule has 0 spiro atoms. The summed E-state index contributed by atoms with van der Waals surface area (Å²) in [6, 6.07) is 9.79. The summed E-state index contributed by atoms with van der Waals surface area (Å²) in [6.45, 7) is 2.25. The quantitative estimate of drug-likeness (QED) is 0.328. The van der Waals surface area contributed by atoms with E-state index in [1.165, 1.54) is 4.90 Å². The van der Waals surface area contributed by atoms with Crippen molar-refractivity contribution in [2.45, 2.75) is 13.0 Å². The van der Waals surface area contributed by atoms with E-state index in [2.05, 4.69) is 4.98 Å². The minimum absolute atomic E-state index is 0.0315. The lowest BCUT2D eigenvalue weighted by Gasteiger charge is -2.24. The third-order valence-corrected chi connectivity index (χ3v) is 4.58. The molecule has 1 fully saturated rings. The second-order valence-electron chi connectivity index (χ2n) is 6.48. The molecule has 2 heterocycles. The molecular formula is C21H22N2O5. The van der Waals surface area contributed by atoms with Gasteiger partial charge in [0.1, 0.15) is 5.76 Å². The van der Waals surface area contributed by atoms with Crippen LogP contribution in [0, 0.1) is 6.92 Å². The SMILES string of the molecule is Cc1ccc(C(O)=C2C(=O)C(=O)N(CCOCCO)C2c2cccnc2)cc1. The molecule has 2 N–H and O–H groups in total. The third kappa shape index (κ3) is 3.95. The fraction of sp³-hybridized carbons (Fsp3) is 0.286. The molecule has 1 aromatic carbocycles. The maximum atomic E-state index is 12.8. The average Bonchev–Trinajstić information content (AvgIpc) is 2.97. The van der Waals surface area contributed by atoms with Gasteiger partial charge in [-0.3, -0.25) is 14.6 Å². The van der Waals surface area contributed by atoms with Crippen molar-refractivity contribution >= 4 is 17.4 Å². The Morgan fingerprint density at radius 1 is 1.18 bits per heavy atom. The number of carbonyl (C=O) groups is 2. The maximum Gasteiger partial charge on any atom is 0.295 e. The Balaban J connectivity index is 2.03. The number of amides is 1. The first kappa shape index (κ1) is 19.7. The Bertz CT molecular complexity index is 877. The van der Waals surface area contributed by atoms with Gasteiger partial charge in [-0.25, -0.2) is 0 Å². The van der Waals surface area contributed by atoms with E-state index in [4.69, 9.17) is 9.84 Å². The van der Waals surface area contributed by atoms with Crippen molar-refractivity contribution in [1.29, 1.82) is 0 Å². The standard InChI is InChI=1S/C21H22N2O5/c1-14-4-6-15(7-5-14)19(25)17-18(16-3-2-8-22-13-16)23(21(27)20(17)26)9-11-28-12-10-24/h2-8,13,18,24-25H,9-12H2,1H3. The molecule has 1 aliphatic heterocycles. The largest absolute Gasteiger partial charge is 0.507 e. The summed E-state index contributed by atoms with van der Waals surface area (Å²) in [6.07, 6.45) is 3.17. The highest BCUT2D eigenvalue weighted by Gasteiger charge is 2.45. The number of aliphatic hydroxyl groups excluding tert-OH is 2. The summed E-state index contributed by atoms with van der Waals surface area (Å²) in [4.78, 5) is 30.9.